The standard InChI is InChI=1S/C10H12BrNO/c1-13-9-6-7(2-3-8(9)11)10(12)4-5-10/h2-3,6H,4-5,12H2,1H3. The summed E-state index contributed by atoms with van der Waals surface area (Å²) in [5, 5.41) is 0. The Morgan fingerprint density at radius 1 is 1.46 bits per heavy atom. The molecule has 0 amide bonds. The fourth-order valence-corrected chi connectivity index (χ4v) is 1.80. The van der Waals surface area contributed by atoms with Crippen molar-refractivity contribution in [1.29, 1.82) is 0 Å². The van der Waals surface area contributed by atoms with E-state index in [9.17, 15) is 0 Å². The highest BCUT2D eigenvalue weighted by Crippen LogP contribution is 2.44. The van der Waals surface area contributed by atoms with Gasteiger partial charge in [-0.15, -0.1) is 0 Å². The second-order valence-electron chi connectivity index (χ2n) is 3.51. The summed E-state index contributed by atoms with van der Waals surface area (Å²) < 4.78 is 6.18. The molecule has 0 radical (unpaired) electrons. The first-order valence-corrected chi connectivity index (χ1v) is 5.08. The van der Waals surface area contributed by atoms with Crippen molar-refractivity contribution in [3.63, 3.8) is 0 Å². The molecule has 0 heterocycles. The van der Waals surface area contributed by atoms with Crippen LogP contribution in [0.5, 0.6) is 5.75 Å². The zero-order valence-corrected chi connectivity index (χ0v) is 9.10. The number of hydrogen-bond donors (Lipinski definition) is 1. The minimum absolute atomic E-state index is 0.0754. The molecular formula is C10H12BrNO. The highest BCUT2D eigenvalue weighted by Gasteiger charge is 2.40. The molecule has 3 heteroatoms. The number of rotatable bonds is 2. The minimum Gasteiger partial charge on any atom is -0.496 e. The van der Waals surface area contributed by atoms with Gasteiger partial charge >= 0.3 is 0 Å². The first kappa shape index (κ1) is 9.03. The maximum absolute atomic E-state index is 6.07. The smallest absolute Gasteiger partial charge is 0.133 e. The summed E-state index contributed by atoms with van der Waals surface area (Å²) in [6.07, 6.45) is 2.16. The first-order chi connectivity index (χ1) is 6.15. The van der Waals surface area contributed by atoms with Gasteiger partial charge in [0.25, 0.3) is 0 Å². The number of hydrogen-bond acceptors (Lipinski definition) is 2. The topological polar surface area (TPSA) is 35.2 Å². The third kappa shape index (κ3) is 1.58. The first-order valence-electron chi connectivity index (χ1n) is 4.29. The quantitative estimate of drug-likeness (QED) is 0.864. The van der Waals surface area contributed by atoms with Crippen molar-refractivity contribution in [1.82, 2.24) is 0 Å². The lowest BCUT2D eigenvalue weighted by atomic mass is 10.1. The van der Waals surface area contributed by atoms with E-state index < -0.39 is 0 Å². The van der Waals surface area contributed by atoms with Crippen molar-refractivity contribution in [2.45, 2.75) is 18.4 Å². The molecule has 0 unspecified atom stereocenters. The van der Waals surface area contributed by atoms with Gasteiger partial charge in [0, 0.05) is 5.54 Å². The van der Waals surface area contributed by atoms with E-state index in [2.05, 4.69) is 22.0 Å². The van der Waals surface area contributed by atoms with Crippen LogP contribution in [0.2, 0.25) is 0 Å². The SMILES string of the molecule is COc1cc(C2(N)CC2)ccc1Br. The van der Waals surface area contributed by atoms with Gasteiger partial charge in [-0.05, 0) is 46.5 Å². The average Bonchev–Trinajstić information content (AvgIpc) is 2.86. The van der Waals surface area contributed by atoms with Gasteiger partial charge in [-0.2, -0.15) is 0 Å². The molecule has 1 aromatic rings. The number of benzene rings is 1. The van der Waals surface area contributed by atoms with Crippen molar-refractivity contribution in [2.24, 2.45) is 5.73 Å². The lowest BCUT2D eigenvalue weighted by molar-refractivity contribution is 0.411. The summed E-state index contributed by atoms with van der Waals surface area (Å²) in [5.41, 5.74) is 7.17. The number of methoxy groups -OCH3 is 1. The van der Waals surface area contributed by atoms with E-state index in [0.717, 1.165) is 23.1 Å². The summed E-state index contributed by atoms with van der Waals surface area (Å²) >= 11 is 3.41. The molecule has 70 valence electrons. The lowest BCUT2D eigenvalue weighted by Crippen LogP contribution is -2.18. The van der Waals surface area contributed by atoms with Crippen LogP contribution in [-0.2, 0) is 5.54 Å². The third-order valence-corrected chi connectivity index (χ3v) is 3.17. The maximum atomic E-state index is 6.07. The van der Waals surface area contributed by atoms with Crippen molar-refractivity contribution in [2.75, 3.05) is 7.11 Å². The molecule has 1 aliphatic rings. The molecule has 1 aliphatic carbocycles. The number of ether oxygens (including phenoxy) is 1. The second kappa shape index (κ2) is 3.00. The normalized spacial score (nSPS) is 18.4. The molecule has 2 nitrogen and oxygen atoms in total. The van der Waals surface area contributed by atoms with Crippen LogP contribution in [0.15, 0.2) is 22.7 Å². The highest BCUT2D eigenvalue weighted by molar-refractivity contribution is 9.10. The van der Waals surface area contributed by atoms with Crippen LogP contribution in [-0.4, -0.2) is 7.11 Å². The van der Waals surface area contributed by atoms with Crippen LogP contribution >= 0.6 is 15.9 Å². The Morgan fingerprint density at radius 3 is 2.69 bits per heavy atom. The van der Waals surface area contributed by atoms with Gasteiger partial charge in [-0.3, -0.25) is 0 Å². The van der Waals surface area contributed by atoms with Crippen molar-refractivity contribution >= 4 is 15.9 Å². The zero-order valence-electron chi connectivity index (χ0n) is 7.51. The second-order valence-corrected chi connectivity index (χ2v) is 4.36. The Balaban J connectivity index is 2.39. The molecule has 2 N–H and O–H groups in total. The summed E-state index contributed by atoms with van der Waals surface area (Å²) in [4.78, 5) is 0. The summed E-state index contributed by atoms with van der Waals surface area (Å²) in [7, 11) is 1.67. The molecule has 0 spiro atoms. The van der Waals surface area contributed by atoms with Gasteiger partial charge in [0.2, 0.25) is 0 Å². The van der Waals surface area contributed by atoms with Gasteiger partial charge in [0.1, 0.15) is 5.75 Å². The van der Waals surface area contributed by atoms with Crippen molar-refractivity contribution in [3.05, 3.63) is 28.2 Å². The Labute approximate surface area is 86.2 Å². The van der Waals surface area contributed by atoms with Gasteiger partial charge in [0.05, 0.1) is 11.6 Å². The van der Waals surface area contributed by atoms with Gasteiger partial charge < -0.3 is 10.5 Å². The van der Waals surface area contributed by atoms with Crippen molar-refractivity contribution < 1.29 is 4.74 Å². The molecular weight excluding hydrogens is 230 g/mol. The molecule has 0 aromatic heterocycles. The summed E-state index contributed by atoms with van der Waals surface area (Å²) in [6.45, 7) is 0. The third-order valence-electron chi connectivity index (χ3n) is 2.51. The van der Waals surface area contributed by atoms with Crippen LogP contribution in [0.1, 0.15) is 18.4 Å². The van der Waals surface area contributed by atoms with E-state index in [1.165, 1.54) is 5.56 Å². The zero-order chi connectivity index (χ0) is 9.47. The lowest BCUT2D eigenvalue weighted by Gasteiger charge is -2.11. The number of nitrogens with two attached hydrogens (primary N) is 1. The molecule has 2 rings (SSSR count). The fourth-order valence-electron chi connectivity index (χ4n) is 1.39. The minimum atomic E-state index is -0.0754. The summed E-state index contributed by atoms with van der Waals surface area (Å²) in [5.74, 6) is 0.856. The molecule has 1 saturated carbocycles. The van der Waals surface area contributed by atoms with Gasteiger partial charge in [0.15, 0.2) is 0 Å². The molecule has 1 fully saturated rings. The van der Waals surface area contributed by atoms with E-state index >= 15 is 0 Å². The summed E-state index contributed by atoms with van der Waals surface area (Å²) in [6, 6.07) is 6.05. The van der Waals surface area contributed by atoms with E-state index in [1.54, 1.807) is 7.11 Å². The highest BCUT2D eigenvalue weighted by atomic mass is 79.9. The predicted molar refractivity (Wildman–Crippen MR) is 55.8 cm³/mol. The molecule has 0 saturated heterocycles. The molecule has 13 heavy (non-hydrogen) atoms. The number of halogens is 1. The van der Waals surface area contributed by atoms with Crippen LogP contribution in [0.3, 0.4) is 0 Å². The Bertz CT molecular complexity index is 334. The van der Waals surface area contributed by atoms with Crippen LogP contribution in [0.4, 0.5) is 0 Å². The van der Waals surface area contributed by atoms with Crippen molar-refractivity contribution in [3.8, 4) is 5.75 Å². The average molecular weight is 242 g/mol. The molecule has 0 atom stereocenters. The molecule has 0 aliphatic heterocycles. The fraction of sp³-hybridized carbons (Fsp3) is 0.400. The monoisotopic (exact) mass is 241 g/mol. The Kier molecular flexibility index (Phi) is 2.08. The molecule has 1 aromatic carbocycles. The van der Waals surface area contributed by atoms with Crippen LogP contribution < -0.4 is 10.5 Å². The van der Waals surface area contributed by atoms with E-state index in [4.69, 9.17) is 10.5 Å². The van der Waals surface area contributed by atoms with Gasteiger partial charge in [-0.1, -0.05) is 6.07 Å². The van der Waals surface area contributed by atoms with Crippen LogP contribution in [0.25, 0.3) is 0 Å². The van der Waals surface area contributed by atoms with Gasteiger partial charge in [-0.25, -0.2) is 0 Å². The Morgan fingerprint density at radius 2 is 2.15 bits per heavy atom. The molecule has 0 bridgehead atoms. The van der Waals surface area contributed by atoms with Crippen LogP contribution in [0, 0.1) is 0 Å². The van der Waals surface area contributed by atoms with E-state index in [1.807, 2.05) is 12.1 Å². The largest absolute Gasteiger partial charge is 0.496 e. The van der Waals surface area contributed by atoms with E-state index in [0.29, 0.717) is 0 Å². The van der Waals surface area contributed by atoms with E-state index in [-0.39, 0.29) is 5.54 Å². The Hall–Kier alpha value is -0.540. The predicted octanol–water partition coefficient (Wildman–Crippen LogP) is 2.41. The maximum Gasteiger partial charge on any atom is 0.133 e.